The van der Waals surface area contributed by atoms with E-state index >= 15 is 0 Å². The van der Waals surface area contributed by atoms with Gasteiger partial charge in [0.2, 0.25) is 0 Å². The molecule has 0 radical (unpaired) electrons. The number of aliphatic carboxylic acids is 1. The highest BCUT2D eigenvalue weighted by atomic mass is 35.5. The molecular weight excluding hydrogens is 388 g/mol. The molecule has 1 saturated carbocycles. The average Bonchev–Trinajstić information content (AvgIpc) is 2.98. The van der Waals surface area contributed by atoms with Crippen LogP contribution in [-0.2, 0) is 11.2 Å². The summed E-state index contributed by atoms with van der Waals surface area (Å²) < 4.78 is 0. The molecule has 0 saturated heterocycles. The number of aliphatic hydroxyl groups excluding tert-OH is 2. The van der Waals surface area contributed by atoms with E-state index in [1.807, 2.05) is 6.08 Å². The zero-order chi connectivity index (χ0) is 21.1. The third kappa shape index (κ3) is 8.12. The van der Waals surface area contributed by atoms with Crippen molar-refractivity contribution in [2.75, 3.05) is 6.61 Å². The summed E-state index contributed by atoms with van der Waals surface area (Å²) in [5.74, 6) is -0.529. The molecule has 4 nitrogen and oxygen atoms in total. The zero-order valence-electron chi connectivity index (χ0n) is 17.2. The standard InChI is InChI=1S/C24H35ClO4/c25-21-17-22(27)24(20(21)10-6-1-2-7-11-23(28)29)19-14-12-18(13-15-19)9-5-3-4-8-16-26/h1,6,12-15,20-22,24,26-27H,2-5,7-11,16-17H2,(H,28,29)/b6-1-/t20-,21+,22+,24+/m0/s1. The average molecular weight is 423 g/mol. The molecule has 5 heteroatoms. The van der Waals surface area contributed by atoms with Crippen molar-refractivity contribution < 1.29 is 20.1 Å². The van der Waals surface area contributed by atoms with Crippen molar-refractivity contribution in [3.8, 4) is 0 Å². The van der Waals surface area contributed by atoms with Crippen LogP contribution < -0.4 is 0 Å². The number of allylic oxidation sites excluding steroid dienone is 2. The Morgan fingerprint density at radius 2 is 1.79 bits per heavy atom. The smallest absolute Gasteiger partial charge is 0.303 e. The molecule has 1 aliphatic carbocycles. The predicted octanol–water partition coefficient (Wildman–Crippen LogP) is 5.05. The van der Waals surface area contributed by atoms with Gasteiger partial charge < -0.3 is 15.3 Å². The van der Waals surface area contributed by atoms with Crippen molar-refractivity contribution in [2.45, 2.75) is 81.6 Å². The monoisotopic (exact) mass is 422 g/mol. The van der Waals surface area contributed by atoms with Crippen molar-refractivity contribution in [1.29, 1.82) is 0 Å². The Morgan fingerprint density at radius 3 is 2.48 bits per heavy atom. The predicted molar refractivity (Wildman–Crippen MR) is 117 cm³/mol. The largest absolute Gasteiger partial charge is 0.481 e. The van der Waals surface area contributed by atoms with Crippen molar-refractivity contribution in [1.82, 2.24) is 0 Å². The minimum atomic E-state index is -0.758. The first-order valence-electron chi connectivity index (χ1n) is 10.9. The van der Waals surface area contributed by atoms with E-state index in [9.17, 15) is 9.90 Å². The summed E-state index contributed by atoms with van der Waals surface area (Å²) in [6, 6.07) is 8.59. The van der Waals surface area contributed by atoms with E-state index in [-0.39, 0.29) is 30.2 Å². The van der Waals surface area contributed by atoms with Gasteiger partial charge in [-0.15, -0.1) is 11.6 Å². The molecule has 0 amide bonds. The quantitative estimate of drug-likeness (QED) is 0.236. The molecule has 0 bridgehead atoms. The third-order valence-electron chi connectivity index (χ3n) is 5.88. The topological polar surface area (TPSA) is 77.8 Å². The highest BCUT2D eigenvalue weighted by Gasteiger charge is 2.41. The van der Waals surface area contributed by atoms with E-state index in [0.717, 1.165) is 50.5 Å². The van der Waals surface area contributed by atoms with E-state index in [0.29, 0.717) is 12.8 Å². The van der Waals surface area contributed by atoms with Crippen molar-refractivity contribution in [2.24, 2.45) is 5.92 Å². The Labute approximate surface area is 179 Å². The summed E-state index contributed by atoms with van der Waals surface area (Å²) >= 11 is 6.55. The van der Waals surface area contributed by atoms with Gasteiger partial charge in [-0.25, -0.2) is 0 Å². The highest BCUT2D eigenvalue weighted by molar-refractivity contribution is 6.21. The van der Waals surface area contributed by atoms with Crippen LogP contribution in [0.15, 0.2) is 36.4 Å². The van der Waals surface area contributed by atoms with E-state index in [1.54, 1.807) is 0 Å². The Morgan fingerprint density at radius 1 is 1.07 bits per heavy atom. The van der Waals surface area contributed by atoms with Gasteiger partial charge in [-0.1, -0.05) is 49.3 Å². The fraction of sp³-hybridized carbons (Fsp3) is 0.625. The van der Waals surface area contributed by atoms with Crippen LogP contribution in [0.1, 0.15) is 74.8 Å². The fourth-order valence-electron chi connectivity index (χ4n) is 4.27. The van der Waals surface area contributed by atoms with E-state index in [1.165, 1.54) is 5.56 Å². The third-order valence-corrected chi connectivity index (χ3v) is 6.38. The number of hydrogen-bond donors (Lipinski definition) is 3. The fourth-order valence-corrected chi connectivity index (χ4v) is 4.71. The van der Waals surface area contributed by atoms with Crippen LogP contribution in [0.2, 0.25) is 0 Å². The minimum Gasteiger partial charge on any atom is -0.481 e. The molecule has 29 heavy (non-hydrogen) atoms. The number of carboxylic acids is 1. The summed E-state index contributed by atoms with van der Waals surface area (Å²) in [7, 11) is 0. The maximum Gasteiger partial charge on any atom is 0.303 e. The second-order valence-corrected chi connectivity index (χ2v) is 8.69. The molecule has 0 heterocycles. The summed E-state index contributed by atoms with van der Waals surface area (Å²) in [6.07, 6.45) is 12.0. The molecule has 3 N–H and O–H groups in total. The van der Waals surface area contributed by atoms with Gasteiger partial charge in [0.15, 0.2) is 0 Å². The van der Waals surface area contributed by atoms with Gasteiger partial charge in [-0.3, -0.25) is 4.79 Å². The van der Waals surface area contributed by atoms with Gasteiger partial charge in [0.05, 0.1) is 6.10 Å². The lowest BCUT2D eigenvalue weighted by molar-refractivity contribution is -0.137. The van der Waals surface area contributed by atoms with Gasteiger partial charge in [0.1, 0.15) is 0 Å². The molecule has 0 unspecified atom stereocenters. The SMILES string of the molecule is O=C(O)CCC/C=C\C[C@@H]1[C@@H](c2ccc(CCCCCCO)cc2)[C@H](O)C[C@H]1Cl. The highest BCUT2D eigenvalue weighted by Crippen LogP contribution is 2.44. The Kier molecular flexibility index (Phi) is 10.8. The van der Waals surface area contributed by atoms with Crippen LogP contribution in [-0.4, -0.2) is 39.4 Å². The van der Waals surface area contributed by atoms with E-state index in [4.69, 9.17) is 21.8 Å². The number of carbonyl (C=O) groups is 1. The Bertz CT molecular complexity index is 628. The van der Waals surface area contributed by atoms with Gasteiger partial charge >= 0.3 is 5.97 Å². The molecule has 1 aromatic carbocycles. The minimum absolute atomic E-state index is 0.0415. The molecule has 4 atom stereocenters. The van der Waals surface area contributed by atoms with Gasteiger partial charge in [-0.05, 0) is 62.0 Å². The number of halogens is 1. The first kappa shape index (κ1) is 23.9. The number of unbranched alkanes of at least 4 members (excludes halogenated alkanes) is 4. The maximum atomic E-state index is 10.6. The maximum absolute atomic E-state index is 10.6. The van der Waals surface area contributed by atoms with Gasteiger partial charge in [0, 0.05) is 24.3 Å². The van der Waals surface area contributed by atoms with Gasteiger partial charge in [0.25, 0.3) is 0 Å². The first-order valence-corrected chi connectivity index (χ1v) is 11.3. The number of hydrogen-bond acceptors (Lipinski definition) is 3. The summed E-state index contributed by atoms with van der Waals surface area (Å²) in [5, 5.41) is 28.1. The van der Waals surface area contributed by atoms with E-state index < -0.39 is 12.1 Å². The van der Waals surface area contributed by atoms with Gasteiger partial charge in [-0.2, -0.15) is 0 Å². The summed E-state index contributed by atoms with van der Waals surface area (Å²) in [6.45, 7) is 0.276. The molecule has 0 aliphatic heterocycles. The van der Waals surface area contributed by atoms with Crippen LogP contribution in [0.25, 0.3) is 0 Å². The molecule has 0 aromatic heterocycles. The van der Waals surface area contributed by atoms with Crippen LogP contribution in [0.4, 0.5) is 0 Å². The molecular formula is C24H35ClO4. The number of aliphatic hydroxyl groups is 2. The lowest BCUT2D eigenvalue weighted by atomic mass is 9.85. The van der Waals surface area contributed by atoms with E-state index in [2.05, 4.69) is 30.3 Å². The number of carboxylic acid groups (broad SMARTS) is 1. The lowest BCUT2D eigenvalue weighted by Crippen LogP contribution is -2.18. The van der Waals surface area contributed by atoms with Crippen LogP contribution in [0.5, 0.6) is 0 Å². The molecule has 0 spiro atoms. The zero-order valence-corrected chi connectivity index (χ0v) is 17.9. The van der Waals surface area contributed by atoms with Crippen molar-refractivity contribution in [3.05, 3.63) is 47.5 Å². The van der Waals surface area contributed by atoms with Crippen molar-refractivity contribution in [3.63, 3.8) is 0 Å². The lowest BCUT2D eigenvalue weighted by Gasteiger charge is -2.23. The molecule has 1 aliphatic rings. The van der Waals surface area contributed by atoms with Crippen LogP contribution in [0.3, 0.4) is 0 Å². The first-order chi connectivity index (χ1) is 14.0. The Balaban J connectivity index is 1.88. The number of alkyl halides is 1. The number of rotatable bonds is 13. The van der Waals surface area contributed by atoms with Crippen LogP contribution in [0, 0.1) is 5.92 Å². The molecule has 2 rings (SSSR count). The Hall–Kier alpha value is -1.36. The molecule has 1 fully saturated rings. The normalized spacial score (nSPS) is 24.4. The number of aryl methyl sites for hydroxylation is 1. The second-order valence-electron chi connectivity index (χ2n) is 8.13. The molecule has 1 aromatic rings. The number of benzene rings is 1. The van der Waals surface area contributed by atoms with Crippen molar-refractivity contribution >= 4 is 17.6 Å². The molecule has 162 valence electrons. The summed E-state index contributed by atoms with van der Waals surface area (Å²) in [5.41, 5.74) is 2.46. The second kappa shape index (κ2) is 13.0. The van der Waals surface area contributed by atoms with Crippen LogP contribution >= 0.6 is 11.6 Å². The summed E-state index contributed by atoms with van der Waals surface area (Å²) in [4.78, 5) is 10.6.